The number of amides is 1. The minimum absolute atomic E-state index is 0.144. The van der Waals surface area contributed by atoms with E-state index >= 15 is 0 Å². The largest absolute Gasteiger partial charge is 0.452 e. The van der Waals surface area contributed by atoms with Crippen LogP contribution in [0.3, 0.4) is 0 Å². The lowest BCUT2D eigenvalue weighted by Gasteiger charge is -2.20. The van der Waals surface area contributed by atoms with Gasteiger partial charge in [-0.05, 0) is 36.8 Å². The van der Waals surface area contributed by atoms with E-state index < -0.39 is 29.2 Å². The Morgan fingerprint density at radius 1 is 1.21 bits per heavy atom. The lowest BCUT2D eigenvalue weighted by Crippen LogP contribution is -2.34. The molecular weight excluding hydrogens is 367 g/mol. The Labute approximate surface area is 161 Å². The molecule has 0 fully saturated rings. The molecule has 0 aliphatic rings. The van der Waals surface area contributed by atoms with Crippen LogP contribution in [0.2, 0.25) is 0 Å². The number of nitro benzene ring substituents is 1. The smallest absolute Gasteiger partial charge is 0.331 e. The number of hydrogen-bond acceptors (Lipinski definition) is 5. The molecule has 0 unspecified atom stereocenters. The van der Waals surface area contributed by atoms with E-state index in [1.165, 1.54) is 41.3 Å². The zero-order chi connectivity index (χ0) is 20.5. The number of hydrogen-bond donors (Lipinski definition) is 0. The van der Waals surface area contributed by atoms with E-state index in [2.05, 4.69) is 0 Å². The zero-order valence-corrected chi connectivity index (χ0v) is 15.2. The molecule has 0 spiro atoms. The molecule has 0 heterocycles. The summed E-state index contributed by atoms with van der Waals surface area (Å²) in [6.07, 6.45) is 2.29. The van der Waals surface area contributed by atoms with Gasteiger partial charge < -0.3 is 9.64 Å². The van der Waals surface area contributed by atoms with Crippen molar-refractivity contribution in [2.45, 2.75) is 13.5 Å². The Bertz CT molecular complexity index is 898. The number of halogens is 1. The highest BCUT2D eigenvalue weighted by Gasteiger charge is 2.15. The molecular formula is C20H19FN2O5. The Kier molecular flexibility index (Phi) is 7.38. The molecule has 1 amide bonds. The molecule has 0 saturated heterocycles. The van der Waals surface area contributed by atoms with E-state index in [9.17, 15) is 24.1 Å². The van der Waals surface area contributed by atoms with Crippen molar-refractivity contribution in [2.75, 3.05) is 13.2 Å². The molecule has 0 saturated carbocycles. The summed E-state index contributed by atoms with van der Waals surface area (Å²) in [7, 11) is 0. The number of benzene rings is 2. The van der Waals surface area contributed by atoms with Crippen LogP contribution in [0.25, 0.3) is 6.08 Å². The Balaban J connectivity index is 1.92. The molecule has 0 aliphatic carbocycles. The minimum Gasteiger partial charge on any atom is -0.452 e. The van der Waals surface area contributed by atoms with Crippen molar-refractivity contribution in [1.82, 2.24) is 4.90 Å². The standard InChI is InChI=1S/C20H19FN2O5/c1-2-22(13-15-6-5-8-17(21)12-15)19(24)14-28-20(25)11-10-16-7-3-4-9-18(16)23(26)27/h3-12H,2,13-14H2,1H3/b11-10+. The normalized spacial score (nSPS) is 10.6. The van der Waals surface area contributed by atoms with Crippen molar-refractivity contribution in [3.8, 4) is 0 Å². The summed E-state index contributed by atoms with van der Waals surface area (Å²) in [5, 5.41) is 10.9. The van der Waals surface area contributed by atoms with Crippen LogP contribution in [0, 0.1) is 15.9 Å². The third-order valence-corrected chi connectivity index (χ3v) is 3.87. The number of nitro groups is 1. The maximum absolute atomic E-state index is 13.3. The lowest BCUT2D eigenvalue weighted by atomic mass is 10.1. The van der Waals surface area contributed by atoms with Gasteiger partial charge in [0.05, 0.1) is 10.5 Å². The second kappa shape index (κ2) is 9.96. The summed E-state index contributed by atoms with van der Waals surface area (Å²) in [5.74, 6) is -1.62. The van der Waals surface area contributed by atoms with Crippen LogP contribution >= 0.6 is 0 Å². The summed E-state index contributed by atoms with van der Waals surface area (Å²) in [6, 6.07) is 11.8. The minimum atomic E-state index is -0.798. The van der Waals surface area contributed by atoms with Crippen LogP contribution in [-0.4, -0.2) is 34.9 Å². The third-order valence-electron chi connectivity index (χ3n) is 3.87. The fourth-order valence-electron chi connectivity index (χ4n) is 2.46. The van der Waals surface area contributed by atoms with Gasteiger partial charge in [-0.25, -0.2) is 9.18 Å². The summed E-state index contributed by atoms with van der Waals surface area (Å²) >= 11 is 0. The number of rotatable bonds is 8. The van der Waals surface area contributed by atoms with Gasteiger partial charge >= 0.3 is 5.97 Å². The molecule has 146 valence electrons. The van der Waals surface area contributed by atoms with Gasteiger partial charge in [0.25, 0.3) is 11.6 Å². The van der Waals surface area contributed by atoms with Crippen molar-refractivity contribution >= 4 is 23.6 Å². The first-order valence-corrected chi connectivity index (χ1v) is 8.51. The second-order valence-electron chi connectivity index (χ2n) is 5.79. The molecule has 0 aromatic heterocycles. The number of nitrogens with zero attached hydrogens (tertiary/aromatic N) is 2. The van der Waals surface area contributed by atoms with Crippen LogP contribution in [0.1, 0.15) is 18.1 Å². The Morgan fingerprint density at radius 2 is 1.96 bits per heavy atom. The summed E-state index contributed by atoms with van der Waals surface area (Å²) in [6.45, 7) is 1.83. The monoisotopic (exact) mass is 386 g/mol. The SMILES string of the molecule is CCN(Cc1cccc(F)c1)C(=O)COC(=O)/C=C/c1ccccc1[N+](=O)[O-]. The maximum atomic E-state index is 13.3. The first kappa shape index (κ1) is 20.8. The zero-order valence-electron chi connectivity index (χ0n) is 15.2. The van der Waals surface area contributed by atoms with Crippen molar-refractivity contribution < 1.29 is 23.6 Å². The van der Waals surface area contributed by atoms with E-state index in [4.69, 9.17) is 4.74 Å². The van der Waals surface area contributed by atoms with Crippen LogP contribution in [0.15, 0.2) is 54.6 Å². The first-order valence-electron chi connectivity index (χ1n) is 8.51. The molecule has 7 nitrogen and oxygen atoms in total. The highest BCUT2D eigenvalue weighted by Crippen LogP contribution is 2.18. The average molecular weight is 386 g/mol. The van der Waals surface area contributed by atoms with Gasteiger partial charge in [0, 0.05) is 25.2 Å². The highest BCUT2D eigenvalue weighted by molar-refractivity contribution is 5.89. The summed E-state index contributed by atoms with van der Waals surface area (Å²) in [4.78, 5) is 35.9. The van der Waals surface area contributed by atoms with E-state index in [0.29, 0.717) is 12.1 Å². The number of carbonyl (C=O) groups excluding carboxylic acids is 2. The van der Waals surface area contributed by atoms with Crippen molar-refractivity contribution in [2.24, 2.45) is 0 Å². The van der Waals surface area contributed by atoms with Gasteiger partial charge in [-0.1, -0.05) is 24.3 Å². The Morgan fingerprint density at radius 3 is 2.64 bits per heavy atom. The number of para-hydroxylation sites is 1. The van der Waals surface area contributed by atoms with Gasteiger partial charge in [0.1, 0.15) is 5.82 Å². The number of likely N-dealkylation sites (N-methyl/N-ethyl adjacent to an activating group) is 1. The molecule has 0 bridgehead atoms. The predicted molar refractivity (Wildman–Crippen MR) is 101 cm³/mol. The molecule has 0 radical (unpaired) electrons. The molecule has 28 heavy (non-hydrogen) atoms. The van der Waals surface area contributed by atoms with E-state index in [-0.39, 0.29) is 17.8 Å². The van der Waals surface area contributed by atoms with E-state index in [1.807, 2.05) is 0 Å². The fraction of sp³-hybridized carbons (Fsp3) is 0.200. The molecule has 0 aliphatic heterocycles. The average Bonchev–Trinajstić information content (AvgIpc) is 2.68. The van der Waals surface area contributed by atoms with Crippen molar-refractivity contribution in [1.29, 1.82) is 0 Å². The van der Waals surface area contributed by atoms with Crippen LogP contribution in [-0.2, 0) is 20.9 Å². The quantitative estimate of drug-likeness (QED) is 0.300. The highest BCUT2D eigenvalue weighted by atomic mass is 19.1. The molecule has 0 atom stereocenters. The van der Waals surface area contributed by atoms with Gasteiger partial charge in [-0.3, -0.25) is 14.9 Å². The number of esters is 1. The topological polar surface area (TPSA) is 89.8 Å². The van der Waals surface area contributed by atoms with E-state index in [1.54, 1.807) is 25.1 Å². The molecule has 2 aromatic rings. The molecule has 2 aromatic carbocycles. The van der Waals surface area contributed by atoms with Gasteiger partial charge in [0.2, 0.25) is 0 Å². The molecule has 8 heteroatoms. The van der Waals surface area contributed by atoms with E-state index in [0.717, 1.165) is 6.08 Å². The lowest BCUT2D eigenvalue weighted by molar-refractivity contribution is -0.385. The molecule has 0 N–H and O–H groups in total. The van der Waals surface area contributed by atoms with Crippen LogP contribution < -0.4 is 0 Å². The van der Waals surface area contributed by atoms with Gasteiger partial charge in [-0.2, -0.15) is 0 Å². The fourth-order valence-corrected chi connectivity index (χ4v) is 2.46. The molecule has 2 rings (SSSR count). The van der Waals surface area contributed by atoms with Crippen LogP contribution in [0.4, 0.5) is 10.1 Å². The summed E-state index contributed by atoms with van der Waals surface area (Å²) in [5.41, 5.74) is 0.727. The number of carbonyl (C=O) groups is 2. The van der Waals surface area contributed by atoms with Crippen molar-refractivity contribution in [3.05, 3.63) is 81.7 Å². The number of ether oxygens (including phenoxy) is 1. The second-order valence-corrected chi connectivity index (χ2v) is 5.79. The first-order chi connectivity index (χ1) is 13.4. The predicted octanol–water partition coefficient (Wildman–Crippen LogP) is 3.34. The van der Waals surface area contributed by atoms with Gasteiger partial charge in [0.15, 0.2) is 6.61 Å². The maximum Gasteiger partial charge on any atom is 0.331 e. The Hall–Kier alpha value is -3.55. The van der Waals surface area contributed by atoms with Gasteiger partial charge in [-0.15, -0.1) is 0 Å². The van der Waals surface area contributed by atoms with Crippen LogP contribution in [0.5, 0.6) is 0 Å². The third kappa shape index (κ3) is 6.01. The van der Waals surface area contributed by atoms with Crippen molar-refractivity contribution in [3.63, 3.8) is 0 Å². The summed E-state index contributed by atoms with van der Waals surface area (Å²) < 4.78 is 18.2.